The molecular formula is C22H26O6. The molecule has 0 saturated heterocycles. The zero-order chi connectivity index (χ0) is 19.9. The van der Waals surface area contributed by atoms with E-state index in [1.807, 2.05) is 48.5 Å². The number of rotatable bonds is 8. The van der Waals surface area contributed by atoms with Crippen LogP contribution in [0.2, 0.25) is 0 Å². The van der Waals surface area contributed by atoms with Crippen molar-refractivity contribution in [1.29, 1.82) is 0 Å². The molecule has 0 fully saturated rings. The first-order valence-electron chi connectivity index (χ1n) is 9.15. The van der Waals surface area contributed by atoms with Gasteiger partial charge < -0.3 is 29.2 Å². The van der Waals surface area contributed by atoms with Crippen LogP contribution in [-0.2, 0) is 22.7 Å². The van der Waals surface area contributed by atoms with Crippen molar-refractivity contribution in [3.05, 3.63) is 71.8 Å². The molecule has 0 amide bonds. The van der Waals surface area contributed by atoms with Crippen LogP contribution in [0.15, 0.2) is 60.7 Å². The third-order valence-electron chi connectivity index (χ3n) is 4.73. The first-order valence-corrected chi connectivity index (χ1v) is 9.15. The van der Waals surface area contributed by atoms with Gasteiger partial charge in [0.25, 0.3) is 0 Å². The lowest BCUT2D eigenvalue weighted by Crippen LogP contribution is -2.48. The summed E-state index contributed by atoms with van der Waals surface area (Å²) in [6.07, 6.45) is -0.00714. The van der Waals surface area contributed by atoms with E-state index < -0.39 is 24.4 Å². The number of para-hydroxylation sites is 1. The summed E-state index contributed by atoms with van der Waals surface area (Å²) in [7, 11) is 3.21. The highest BCUT2D eigenvalue weighted by molar-refractivity contribution is 5.32. The SMILES string of the molecule is COc1ccc(CO[C@H]2[C@H](O)[C@@H](OCc3ccccc3OC)C=C[C@@H]2O)cc1. The second kappa shape index (κ2) is 9.71. The second-order valence-corrected chi connectivity index (χ2v) is 6.58. The molecule has 0 unspecified atom stereocenters. The number of aliphatic hydroxyl groups excluding tert-OH is 2. The second-order valence-electron chi connectivity index (χ2n) is 6.58. The van der Waals surface area contributed by atoms with Gasteiger partial charge in [0.1, 0.15) is 35.9 Å². The largest absolute Gasteiger partial charge is 0.497 e. The molecule has 4 atom stereocenters. The van der Waals surface area contributed by atoms with Gasteiger partial charge in [-0.15, -0.1) is 0 Å². The maximum atomic E-state index is 10.7. The highest BCUT2D eigenvalue weighted by Crippen LogP contribution is 2.24. The Kier molecular flexibility index (Phi) is 7.06. The Hall–Kier alpha value is -2.38. The summed E-state index contributed by atoms with van der Waals surface area (Å²) in [5.41, 5.74) is 1.80. The van der Waals surface area contributed by atoms with Gasteiger partial charge in [-0.2, -0.15) is 0 Å². The molecule has 2 N–H and O–H groups in total. The van der Waals surface area contributed by atoms with Gasteiger partial charge >= 0.3 is 0 Å². The van der Waals surface area contributed by atoms with E-state index in [-0.39, 0.29) is 13.2 Å². The topological polar surface area (TPSA) is 77.4 Å². The lowest BCUT2D eigenvalue weighted by Gasteiger charge is -2.34. The third kappa shape index (κ3) is 4.91. The highest BCUT2D eigenvalue weighted by Gasteiger charge is 2.36. The van der Waals surface area contributed by atoms with E-state index in [4.69, 9.17) is 18.9 Å². The van der Waals surface area contributed by atoms with E-state index in [1.165, 1.54) is 0 Å². The first kappa shape index (κ1) is 20.4. The minimum atomic E-state index is -0.993. The van der Waals surface area contributed by atoms with Crippen molar-refractivity contribution in [2.75, 3.05) is 14.2 Å². The van der Waals surface area contributed by atoms with Crippen LogP contribution < -0.4 is 9.47 Å². The molecule has 1 aliphatic rings. The molecule has 28 heavy (non-hydrogen) atoms. The van der Waals surface area contributed by atoms with Crippen LogP contribution in [0.4, 0.5) is 0 Å². The van der Waals surface area contributed by atoms with Crippen molar-refractivity contribution in [3.63, 3.8) is 0 Å². The standard InChI is InChI=1S/C22H26O6/c1-25-17-9-7-15(8-10-17)13-28-22-18(23)11-12-20(21(22)24)27-14-16-5-3-4-6-19(16)26-2/h3-12,18,20-24H,13-14H2,1-2H3/t18-,20-,21+,22+/m0/s1. The molecule has 0 aromatic heterocycles. The van der Waals surface area contributed by atoms with Crippen LogP contribution in [0.1, 0.15) is 11.1 Å². The minimum Gasteiger partial charge on any atom is -0.497 e. The van der Waals surface area contributed by atoms with E-state index in [2.05, 4.69) is 0 Å². The number of ether oxygens (including phenoxy) is 4. The lowest BCUT2D eigenvalue weighted by molar-refractivity contribution is -0.141. The first-order chi connectivity index (χ1) is 13.6. The molecule has 2 aromatic rings. The van der Waals surface area contributed by atoms with Crippen molar-refractivity contribution >= 4 is 0 Å². The maximum Gasteiger partial charge on any atom is 0.124 e. The van der Waals surface area contributed by atoms with E-state index in [0.717, 1.165) is 22.6 Å². The Morgan fingerprint density at radius 3 is 2.29 bits per heavy atom. The van der Waals surface area contributed by atoms with E-state index in [1.54, 1.807) is 26.4 Å². The average molecular weight is 386 g/mol. The van der Waals surface area contributed by atoms with Gasteiger partial charge in [0, 0.05) is 5.56 Å². The van der Waals surface area contributed by atoms with Crippen LogP contribution in [0.5, 0.6) is 11.5 Å². The fourth-order valence-electron chi connectivity index (χ4n) is 3.11. The molecular weight excluding hydrogens is 360 g/mol. The molecule has 0 saturated carbocycles. The summed E-state index contributed by atoms with van der Waals surface area (Å²) in [6.45, 7) is 0.535. The van der Waals surface area contributed by atoms with Crippen molar-refractivity contribution in [3.8, 4) is 11.5 Å². The van der Waals surface area contributed by atoms with Crippen molar-refractivity contribution in [1.82, 2.24) is 0 Å². The number of methoxy groups -OCH3 is 2. The van der Waals surface area contributed by atoms with Gasteiger partial charge in [-0.1, -0.05) is 42.5 Å². The quantitative estimate of drug-likeness (QED) is 0.679. The van der Waals surface area contributed by atoms with Gasteiger partial charge in [-0.25, -0.2) is 0 Å². The summed E-state index contributed by atoms with van der Waals surface area (Å²) in [5.74, 6) is 1.48. The predicted octanol–water partition coefficient (Wildman–Crippen LogP) is 2.47. The van der Waals surface area contributed by atoms with Crippen LogP contribution in [0.25, 0.3) is 0 Å². The molecule has 2 aromatic carbocycles. The van der Waals surface area contributed by atoms with Crippen molar-refractivity contribution in [2.45, 2.75) is 37.6 Å². The summed E-state index contributed by atoms with van der Waals surface area (Å²) >= 11 is 0. The molecule has 0 aliphatic heterocycles. The Bertz CT molecular complexity index is 773. The highest BCUT2D eigenvalue weighted by atomic mass is 16.5. The Balaban J connectivity index is 1.59. The molecule has 1 aliphatic carbocycles. The van der Waals surface area contributed by atoms with Gasteiger partial charge in [-0.3, -0.25) is 0 Å². The van der Waals surface area contributed by atoms with E-state index in [0.29, 0.717) is 0 Å². The number of hydrogen-bond acceptors (Lipinski definition) is 6. The van der Waals surface area contributed by atoms with Crippen molar-refractivity contribution in [2.24, 2.45) is 0 Å². The summed E-state index contributed by atoms with van der Waals surface area (Å²) in [6, 6.07) is 15.0. The number of hydrogen-bond donors (Lipinski definition) is 2. The van der Waals surface area contributed by atoms with Crippen LogP contribution >= 0.6 is 0 Å². The van der Waals surface area contributed by atoms with Crippen LogP contribution in [0, 0.1) is 0 Å². The van der Waals surface area contributed by atoms with Gasteiger partial charge in [0.2, 0.25) is 0 Å². The predicted molar refractivity (Wildman–Crippen MR) is 104 cm³/mol. The average Bonchev–Trinajstić information content (AvgIpc) is 2.73. The van der Waals surface area contributed by atoms with Gasteiger partial charge in [-0.05, 0) is 23.8 Å². The van der Waals surface area contributed by atoms with E-state index >= 15 is 0 Å². The Labute approximate surface area is 164 Å². The molecule has 0 radical (unpaired) electrons. The Morgan fingerprint density at radius 2 is 1.57 bits per heavy atom. The normalized spacial score (nSPS) is 24.1. The summed E-state index contributed by atoms with van der Waals surface area (Å²) in [5, 5.41) is 20.9. The molecule has 6 nitrogen and oxygen atoms in total. The van der Waals surface area contributed by atoms with E-state index in [9.17, 15) is 10.2 Å². The smallest absolute Gasteiger partial charge is 0.124 e. The maximum absolute atomic E-state index is 10.7. The molecule has 3 rings (SSSR count). The summed E-state index contributed by atoms with van der Waals surface area (Å²) < 4.78 is 22.1. The zero-order valence-electron chi connectivity index (χ0n) is 16.0. The number of aliphatic hydroxyl groups is 2. The molecule has 6 heteroatoms. The molecule has 150 valence electrons. The van der Waals surface area contributed by atoms with Gasteiger partial charge in [0.05, 0.1) is 27.4 Å². The fourth-order valence-corrected chi connectivity index (χ4v) is 3.11. The zero-order valence-corrected chi connectivity index (χ0v) is 16.0. The third-order valence-corrected chi connectivity index (χ3v) is 4.73. The van der Waals surface area contributed by atoms with Crippen molar-refractivity contribution < 1.29 is 29.2 Å². The van der Waals surface area contributed by atoms with Crippen LogP contribution in [-0.4, -0.2) is 48.8 Å². The fraction of sp³-hybridized carbons (Fsp3) is 0.364. The molecule has 0 heterocycles. The molecule has 0 bridgehead atoms. The Morgan fingerprint density at radius 1 is 0.821 bits per heavy atom. The number of benzene rings is 2. The summed E-state index contributed by atoms with van der Waals surface area (Å²) in [4.78, 5) is 0. The monoisotopic (exact) mass is 386 g/mol. The minimum absolute atomic E-state index is 0.260. The van der Waals surface area contributed by atoms with Crippen LogP contribution in [0.3, 0.4) is 0 Å². The molecule has 0 spiro atoms. The van der Waals surface area contributed by atoms with Gasteiger partial charge in [0.15, 0.2) is 0 Å². The lowest BCUT2D eigenvalue weighted by atomic mass is 9.95.